The van der Waals surface area contributed by atoms with Gasteiger partial charge in [0, 0.05) is 50.5 Å². The fraction of sp³-hybridized carbons (Fsp3) is 0.769. The second kappa shape index (κ2) is 6.17. The van der Waals surface area contributed by atoms with E-state index in [0.717, 1.165) is 45.0 Å². The predicted octanol–water partition coefficient (Wildman–Crippen LogP) is 1.37. The van der Waals surface area contributed by atoms with Crippen molar-refractivity contribution in [3.63, 3.8) is 0 Å². The number of imidazole rings is 1. The molecule has 1 aliphatic heterocycles. The van der Waals surface area contributed by atoms with E-state index in [-0.39, 0.29) is 0 Å². The maximum absolute atomic E-state index is 4.50. The van der Waals surface area contributed by atoms with Crippen LogP contribution in [0.25, 0.3) is 0 Å². The number of hydrogen-bond donors (Lipinski definition) is 2. The third-order valence-electron chi connectivity index (χ3n) is 3.38. The largest absolute Gasteiger partial charge is 0.346 e. The highest BCUT2D eigenvalue weighted by atomic mass is 15.2. The maximum Gasteiger partial charge on any atom is 0.110 e. The van der Waals surface area contributed by atoms with Gasteiger partial charge in [-0.2, -0.15) is 0 Å². The monoisotopic (exact) mass is 236 g/mol. The van der Waals surface area contributed by atoms with Crippen LogP contribution in [-0.2, 0) is 6.42 Å². The SMILES string of the molecule is CCCc1cnc(C(C)CN2CCNCC2)[nH]1. The molecule has 0 bridgehead atoms. The van der Waals surface area contributed by atoms with Gasteiger partial charge < -0.3 is 15.2 Å². The van der Waals surface area contributed by atoms with E-state index in [4.69, 9.17) is 0 Å². The molecule has 0 amide bonds. The molecule has 1 fully saturated rings. The van der Waals surface area contributed by atoms with Gasteiger partial charge in [0.15, 0.2) is 0 Å². The van der Waals surface area contributed by atoms with Crippen molar-refractivity contribution in [3.05, 3.63) is 17.7 Å². The molecule has 17 heavy (non-hydrogen) atoms. The molecular formula is C13H24N4. The van der Waals surface area contributed by atoms with Crippen molar-refractivity contribution in [2.75, 3.05) is 32.7 Å². The summed E-state index contributed by atoms with van der Waals surface area (Å²) in [5.74, 6) is 1.64. The second-order valence-electron chi connectivity index (χ2n) is 5.00. The minimum absolute atomic E-state index is 0.499. The fourth-order valence-corrected chi connectivity index (χ4v) is 2.39. The molecule has 0 aromatic carbocycles. The molecule has 2 rings (SSSR count). The molecule has 1 atom stereocenters. The predicted molar refractivity (Wildman–Crippen MR) is 70.3 cm³/mol. The van der Waals surface area contributed by atoms with Crippen LogP contribution in [0.15, 0.2) is 6.20 Å². The molecule has 2 N–H and O–H groups in total. The maximum atomic E-state index is 4.50. The van der Waals surface area contributed by atoms with Crippen LogP contribution in [0, 0.1) is 0 Å². The van der Waals surface area contributed by atoms with Crippen LogP contribution in [0.3, 0.4) is 0 Å². The van der Waals surface area contributed by atoms with E-state index in [0.29, 0.717) is 5.92 Å². The number of nitrogens with one attached hydrogen (secondary N) is 2. The first-order valence-corrected chi connectivity index (χ1v) is 6.76. The lowest BCUT2D eigenvalue weighted by Crippen LogP contribution is -2.44. The van der Waals surface area contributed by atoms with Gasteiger partial charge in [0.25, 0.3) is 0 Å². The lowest BCUT2D eigenvalue weighted by atomic mass is 10.1. The molecule has 1 aromatic heterocycles. The van der Waals surface area contributed by atoms with Crippen molar-refractivity contribution in [1.82, 2.24) is 20.2 Å². The Labute approximate surface area is 104 Å². The molecule has 0 saturated carbocycles. The zero-order valence-electron chi connectivity index (χ0n) is 11.0. The lowest BCUT2D eigenvalue weighted by molar-refractivity contribution is 0.228. The van der Waals surface area contributed by atoms with E-state index >= 15 is 0 Å². The second-order valence-corrected chi connectivity index (χ2v) is 5.00. The molecule has 1 aliphatic rings. The smallest absolute Gasteiger partial charge is 0.110 e. The average Bonchev–Trinajstić information content (AvgIpc) is 2.79. The summed E-state index contributed by atoms with van der Waals surface area (Å²) in [6, 6.07) is 0. The number of H-pyrrole nitrogens is 1. The number of nitrogens with zero attached hydrogens (tertiary/aromatic N) is 2. The fourth-order valence-electron chi connectivity index (χ4n) is 2.39. The molecule has 1 aromatic rings. The molecule has 0 radical (unpaired) electrons. The van der Waals surface area contributed by atoms with Crippen molar-refractivity contribution in [1.29, 1.82) is 0 Å². The van der Waals surface area contributed by atoms with Gasteiger partial charge in [0.2, 0.25) is 0 Å². The standard InChI is InChI=1S/C13H24N4/c1-3-4-12-9-15-13(16-12)11(2)10-17-7-5-14-6-8-17/h9,11,14H,3-8,10H2,1-2H3,(H,15,16). The average molecular weight is 236 g/mol. The van der Waals surface area contributed by atoms with E-state index in [9.17, 15) is 0 Å². The number of aryl methyl sites for hydroxylation is 1. The zero-order chi connectivity index (χ0) is 12.1. The van der Waals surface area contributed by atoms with Crippen LogP contribution in [0.5, 0.6) is 0 Å². The molecule has 1 unspecified atom stereocenters. The van der Waals surface area contributed by atoms with Crippen LogP contribution < -0.4 is 5.32 Å². The van der Waals surface area contributed by atoms with Crippen molar-refractivity contribution in [3.8, 4) is 0 Å². The summed E-state index contributed by atoms with van der Waals surface area (Å²) in [5.41, 5.74) is 1.27. The summed E-state index contributed by atoms with van der Waals surface area (Å²) < 4.78 is 0. The number of rotatable bonds is 5. The summed E-state index contributed by atoms with van der Waals surface area (Å²) in [7, 11) is 0. The van der Waals surface area contributed by atoms with Crippen LogP contribution in [0.1, 0.15) is 37.7 Å². The minimum atomic E-state index is 0.499. The van der Waals surface area contributed by atoms with Gasteiger partial charge in [-0.15, -0.1) is 0 Å². The van der Waals surface area contributed by atoms with Crippen molar-refractivity contribution in [2.45, 2.75) is 32.6 Å². The third-order valence-corrected chi connectivity index (χ3v) is 3.38. The first-order valence-electron chi connectivity index (χ1n) is 6.76. The summed E-state index contributed by atoms with van der Waals surface area (Å²) in [6.45, 7) is 10.1. The normalized spacial score (nSPS) is 19.4. The Kier molecular flexibility index (Phi) is 4.57. The quantitative estimate of drug-likeness (QED) is 0.811. The Morgan fingerprint density at radius 1 is 1.41 bits per heavy atom. The highest BCUT2D eigenvalue weighted by molar-refractivity contribution is 5.05. The van der Waals surface area contributed by atoms with Gasteiger partial charge in [0.05, 0.1) is 0 Å². The Balaban J connectivity index is 1.86. The van der Waals surface area contributed by atoms with E-state index in [1.807, 2.05) is 6.20 Å². The topological polar surface area (TPSA) is 44.0 Å². The van der Waals surface area contributed by atoms with Crippen LogP contribution in [0.4, 0.5) is 0 Å². The van der Waals surface area contributed by atoms with Gasteiger partial charge in [-0.25, -0.2) is 4.98 Å². The van der Waals surface area contributed by atoms with Crippen molar-refractivity contribution in [2.24, 2.45) is 0 Å². The van der Waals surface area contributed by atoms with Crippen LogP contribution >= 0.6 is 0 Å². The van der Waals surface area contributed by atoms with Crippen molar-refractivity contribution < 1.29 is 0 Å². The number of aromatic nitrogens is 2. The number of piperazine rings is 1. The Morgan fingerprint density at radius 3 is 2.88 bits per heavy atom. The summed E-state index contributed by atoms with van der Waals surface area (Å²) >= 11 is 0. The van der Waals surface area contributed by atoms with Gasteiger partial charge in [-0.1, -0.05) is 20.3 Å². The molecule has 4 heteroatoms. The summed E-state index contributed by atoms with van der Waals surface area (Å²) in [4.78, 5) is 10.5. The third kappa shape index (κ3) is 3.54. The molecule has 4 nitrogen and oxygen atoms in total. The highest BCUT2D eigenvalue weighted by Gasteiger charge is 2.16. The number of hydrogen-bond acceptors (Lipinski definition) is 3. The zero-order valence-corrected chi connectivity index (χ0v) is 11.0. The van der Waals surface area contributed by atoms with E-state index < -0.39 is 0 Å². The van der Waals surface area contributed by atoms with Crippen LogP contribution in [0.2, 0.25) is 0 Å². The molecular weight excluding hydrogens is 212 g/mol. The Hall–Kier alpha value is -0.870. The summed E-state index contributed by atoms with van der Waals surface area (Å²) in [5, 5.41) is 3.38. The van der Waals surface area contributed by atoms with E-state index in [2.05, 4.69) is 34.0 Å². The molecule has 2 heterocycles. The van der Waals surface area contributed by atoms with Gasteiger partial charge >= 0.3 is 0 Å². The molecule has 1 saturated heterocycles. The first-order chi connectivity index (χ1) is 8.29. The molecule has 96 valence electrons. The van der Waals surface area contributed by atoms with Crippen molar-refractivity contribution >= 4 is 0 Å². The van der Waals surface area contributed by atoms with E-state index in [1.165, 1.54) is 12.1 Å². The first kappa shape index (κ1) is 12.6. The van der Waals surface area contributed by atoms with Gasteiger partial charge in [-0.3, -0.25) is 0 Å². The Morgan fingerprint density at radius 2 is 2.18 bits per heavy atom. The molecule has 0 aliphatic carbocycles. The van der Waals surface area contributed by atoms with Gasteiger partial charge in [-0.05, 0) is 6.42 Å². The molecule has 0 spiro atoms. The Bertz CT molecular complexity index is 328. The van der Waals surface area contributed by atoms with E-state index in [1.54, 1.807) is 0 Å². The minimum Gasteiger partial charge on any atom is -0.346 e. The number of aromatic amines is 1. The summed E-state index contributed by atoms with van der Waals surface area (Å²) in [6.07, 6.45) is 4.27. The highest BCUT2D eigenvalue weighted by Crippen LogP contribution is 2.14. The lowest BCUT2D eigenvalue weighted by Gasteiger charge is -2.29. The van der Waals surface area contributed by atoms with Gasteiger partial charge in [0.1, 0.15) is 5.82 Å². The van der Waals surface area contributed by atoms with Crippen LogP contribution in [-0.4, -0.2) is 47.6 Å².